The number of rotatable bonds is 4. The van der Waals surface area contributed by atoms with Gasteiger partial charge in [0.25, 0.3) is 5.91 Å². The molecule has 0 saturated carbocycles. The van der Waals surface area contributed by atoms with Crippen LogP contribution in [0.5, 0.6) is 0 Å². The van der Waals surface area contributed by atoms with Crippen molar-refractivity contribution in [3.8, 4) is 0 Å². The highest BCUT2D eigenvalue weighted by atomic mass is 16.2. The van der Waals surface area contributed by atoms with Gasteiger partial charge in [-0.3, -0.25) is 9.59 Å². The lowest BCUT2D eigenvalue weighted by molar-refractivity contribution is -0.127. The number of amides is 2. The molecule has 1 aliphatic heterocycles. The molecule has 2 heterocycles. The van der Waals surface area contributed by atoms with Crippen molar-refractivity contribution in [1.29, 1.82) is 0 Å². The molecule has 26 heavy (non-hydrogen) atoms. The van der Waals surface area contributed by atoms with E-state index in [4.69, 9.17) is 0 Å². The van der Waals surface area contributed by atoms with Gasteiger partial charge >= 0.3 is 0 Å². The zero-order chi connectivity index (χ0) is 18.1. The number of likely N-dealkylation sites (tertiary alicyclic amines) is 1. The van der Waals surface area contributed by atoms with Crippen LogP contribution >= 0.6 is 0 Å². The number of hydrogen-bond donors (Lipinski definition) is 2. The third-order valence-corrected chi connectivity index (χ3v) is 5.04. The number of aromatic nitrogens is 2. The van der Waals surface area contributed by atoms with Crippen LogP contribution in [0.4, 0.5) is 0 Å². The maximum atomic E-state index is 12.5. The van der Waals surface area contributed by atoms with Crippen LogP contribution in [0.25, 0.3) is 11.0 Å². The molecule has 6 heteroatoms. The van der Waals surface area contributed by atoms with Gasteiger partial charge in [-0.15, -0.1) is 0 Å². The summed E-state index contributed by atoms with van der Waals surface area (Å²) in [4.78, 5) is 33.7. The van der Waals surface area contributed by atoms with E-state index in [1.165, 1.54) is 0 Å². The predicted molar refractivity (Wildman–Crippen MR) is 98.5 cm³/mol. The van der Waals surface area contributed by atoms with Crippen molar-refractivity contribution < 1.29 is 9.59 Å². The Balaban J connectivity index is 1.48. The van der Waals surface area contributed by atoms with Gasteiger partial charge in [0.2, 0.25) is 5.91 Å². The van der Waals surface area contributed by atoms with E-state index in [0.29, 0.717) is 18.5 Å². The highest BCUT2D eigenvalue weighted by Gasteiger charge is 2.38. The Morgan fingerprint density at radius 2 is 2.08 bits per heavy atom. The van der Waals surface area contributed by atoms with Crippen molar-refractivity contribution >= 4 is 22.8 Å². The summed E-state index contributed by atoms with van der Waals surface area (Å²) in [6, 6.07) is 15.3. The van der Waals surface area contributed by atoms with Crippen LogP contribution in [0.3, 0.4) is 0 Å². The van der Waals surface area contributed by atoms with Crippen LogP contribution in [-0.4, -0.2) is 40.3 Å². The quantitative estimate of drug-likeness (QED) is 0.760. The van der Waals surface area contributed by atoms with E-state index in [2.05, 4.69) is 15.3 Å². The number of nitrogens with zero attached hydrogens (tertiary/aromatic N) is 2. The van der Waals surface area contributed by atoms with Crippen LogP contribution in [-0.2, 0) is 4.79 Å². The van der Waals surface area contributed by atoms with Gasteiger partial charge in [0.1, 0.15) is 0 Å². The standard InChI is InChI=1S/C20H20N4O2/c1-24-18(25)10-15(19(24)13-5-3-2-4-6-13)11-21-20(26)14-7-8-16-17(9-14)23-12-22-16/h2-9,12,15,19H,10-11H2,1H3,(H,21,26)(H,22,23). The van der Waals surface area contributed by atoms with Gasteiger partial charge in [-0.1, -0.05) is 30.3 Å². The van der Waals surface area contributed by atoms with Crippen LogP contribution in [0.15, 0.2) is 54.9 Å². The molecule has 4 rings (SSSR count). The van der Waals surface area contributed by atoms with Gasteiger partial charge in [0, 0.05) is 31.5 Å². The number of fused-ring (bicyclic) bond motifs is 1. The Labute approximate surface area is 151 Å². The molecule has 6 nitrogen and oxygen atoms in total. The van der Waals surface area contributed by atoms with Gasteiger partial charge in [-0.05, 0) is 23.8 Å². The Kier molecular flexibility index (Phi) is 4.16. The van der Waals surface area contributed by atoms with E-state index in [9.17, 15) is 9.59 Å². The molecule has 2 atom stereocenters. The molecule has 2 unspecified atom stereocenters. The zero-order valence-electron chi connectivity index (χ0n) is 14.5. The minimum absolute atomic E-state index is 0.0147. The first kappa shape index (κ1) is 16.3. The fourth-order valence-electron chi connectivity index (χ4n) is 3.68. The number of imidazole rings is 1. The Morgan fingerprint density at radius 3 is 2.88 bits per heavy atom. The van der Waals surface area contributed by atoms with Crippen molar-refractivity contribution in [3.63, 3.8) is 0 Å². The molecular formula is C20H20N4O2. The van der Waals surface area contributed by atoms with Crippen molar-refractivity contribution in [2.45, 2.75) is 12.5 Å². The summed E-state index contributed by atoms with van der Waals surface area (Å²) in [6.07, 6.45) is 2.05. The maximum Gasteiger partial charge on any atom is 0.251 e. The molecule has 0 bridgehead atoms. The molecule has 3 aromatic rings. The first-order valence-corrected chi connectivity index (χ1v) is 8.65. The van der Waals surface area contributed by atoms with E-state index in [0.717, 1.165) is 16.6 Å². The summed E-state index contributed by atoms with van der Waals surface area (Å²) in [6.45, 7) is 0.454. The SMILES string of the molecule is CN1C(=O)CC(CNC(=O)c2ccc3nc[nH]c3c2)C1c1ccccc1. The predicted octanol–water partition coefficient (Wildman–Crippen LogP) is 2.51. The lowest BCUT2D eigenvalue weighted by atomic mass is 9.93. The van der Waals surface area contributed by atoms with Gasteiger partial charge in [-0.25, -0.2) is 4.98 Å². The number of benzene rings is 2. The second-order valence-corrected chi connectivity index (χ2v) is 6.67. The molecule has 132 valence electrons. The third kappa shape index (κ3) is 2.94. The minimum atomic E-state index is -0.143. The first-order chi connectivity index (χ1) is 12.6. The smallest absolute Gasteiger partial charge is 0.251 e. The number of carbonyl (C=O) groups excluding carboxylic acids is 2. The Hall–Kier alpha value is -3.15. The van der Waals surface area contributed by atoms with Crippen molar-refractivity contribution in [1.82, 2.24) is 20.2 Å². The molecule has 1 saturated heterocycles. The van der Waals surface area contributed by atoms with Gasteiger partial charge < -0.3 is 15.2 Å². The van der Waals surface area contributed by atoms with E-state index in [1.54, 1.807) is 23.4 Å². The van der Waals surface area contributed by atoms with E-state index in [-0.39, 0.29) is 23.8 Å². The lowest BCUT2D eigenvalue weighted by Crippen LogP contribution is -2.32. The fraction of sp³-hybridized carbons (Fsp3) is 0.250. The average molecular weight is 348 g/mol. The molecule has 0 aliphatic carbocycles. The maximum absolute atomic E-state index is 12.5. The number of nitrogens with one attached hydrogen (secondary N) is 2. The lowest BCUT2D eigenvalue weighted by Gasteiger charge is -2.25. The Bertz CT molecular complexity index is 951. The largest absolute Gasteiger partial charge is 0.352 e. The molecule has 0 spiro atoms. The summed E-state index contributed by atoms with van der Waals surface area (Å²) in [7, 11) is 1.83. The number of hydrogen-bond acceptors (Lipinski definition) is 3. The summed E-state index contributed by atoms with van der Waals surface area (Å²) >= 11 is 0. The topological polar surface area (TPSA) is 78.1 Å². The van der Waals surface area contributed by atoms with Gasteiger partial charge in [0.05, 0.1) is 23.4 Å². The summed E-state index contributed by atoms with van der Waals surface area (Å²) in [5.74, 6) is 0.0158. The molecule has 1 fully saturated rings. The second kappa shape index (κ2) is 6.63. The van der Waals surface area contributed by atoms with Crippen LogP contribution in [0.2, 0.25) is 0 Å². The summed E-state index contributed by atoms with van der Waals surface area (Å²) < 4.78 is 0. The molecular weight excluding hydrogens is 328 g/mol. The third-order valence-electron chi connectivity index (χ3n) is 5.04. The minimum Gasteiger partial charge on any atom is -0.352 e. The summed E-state index contributed by atoms with van der Waals surface area (Å²) in [5, 5.41) is 2.99. The fourth-order valence-corrected chi connectivity index (χ4v) is 3.68. The molecule has 1 aromatic heterocycles. The molecule has 0 radical (unpaired) electrons. The summed E-state index contributed by atoms with van der Waals surface area (Å²) in [5.41, 5.74) is 3.33. The van der Waals surface area contributed by atoms with Gasteiger partial charge in [0.15, 0.2) is 0 Å². The molecule has 2 amide bonds. The van der Waals surface area contributed by atoms with Crippen molar-refractivity contribution in [2.75, 3.05) is 13.6 Å². The highest BCUT2D eigenvalue weighted by molar-refractivity contribution is 5.97. The average Bonchev–Trinajstić information content (AvgIpc) is 3.24. The first-order valence-electron chi connectivity index (χ1n) is 8.65. The molecule has 1 aliphatic rings. The van der Waals surface area contributed by atoms with Crippen molar-refractivity contribution in [2.24, 2.45) is 5.92 Å². The monoisotopic (exact) mass is 348 g/mol. The number of carbonyl (C=O) groups is 2. The highest BCUT2D eigenvalue weighted by Crippen LogP contribution is 2.36. The van der Waals surface area contributed by atoms with Crippen LogP contribution in [0.1, 0.15) is 28.4 Å². The van der Waals surface area contributed by atoms with E-state index >= 15 is 0 Å². The zero-order valence-corrected chi connectivity index (χ0v) is 14.5. The van der Waals surface area contributed by atoms with Crippen molar-refractivity contribution in [3.05, 3.63) is 66.0 Å². The van der Waals surface area contributed by atoms with E-state index in [1.807, 2.05) is 43.4 Å². The normalized spacial score (nSPS) is 19.9. The number of H-pyrrole nitrogens is 1. The van der Waals surface area contributed by atoms with Crippen LogP contribution in [0, 0.1) is 5.92 Å². The molecule has 2 aromatic carbocycles. The Morgan fingerprint density at radius 1 is 1.27 bits per heavy atom. The number of aromatic amines is 1. The van der Waals surface area contributed by atoms with Crippen LogP contribution < -0.4 is 5.32 Å². The van der Waals surface area contributed by atoms with E-state index < -0.39 is 0 Å². The second-order valence-electron chi connectivity index (χ2n) is 6.67. The van der Waals surface area contributed by atoms with Gasteiger partial charge in [-0.2, -0.15) is 0 Å². The molecule has 2 N–H and O–H groups in total.